The molecule has 7 nitrogen and oxygen atoms in total. The Hall–Kier alpha value is -3.62. The van der Waals surface area contributed by atoms with Crippen LogP contribution < -0.4 is 20.1 Å². The highest BCUT2D eigenvalue weighted by molar-refractivity contribution is 7.99. The summed E-state index contributed by atoms with van der Waals surface area (Å²) in [6, 6.07) is 22.7. The minimum atomic E-state index is -0.261. The number of rotatable bonds is 11. The molecule has 0 radical (unpaired) electrons. The number of carbonyl (C=O) groups is 1. The van der Waals surface area contributed by atoms with Gasteiger partial charge in [-0.15, -0.1) is 0 Å². The number of carbonyl (C=O) groups excluding carboxylic acids is 1. The molecular formula is C29H31ClN4O3S. The lowest BCUT2D eigenvalue weighted by Crippen LogP contribution is -2.30. The molecule has 0 saturated heterocycles. The summed E-state index contributed by atoms with van der Waals surface area (Å²) >= 11 is 7.53. The van der Waals surface area contributed by atoms with Crippen LogP contribution in [0, 0.1) is 0 Å². The molecule has 0 spiro atoms. The van der Waals surface area contributed by atoms with Gasteiger partial charge in [-0.05, 0) is 79.2 Å². The zero-order valence-electron chi connectivity index (χ0n) is 21.7. The fourth-order valence-corrected chi connectivity index (χ4v) is 4.99. The van der Waals surface area contributed by atoms with Gasteiger partial charge in [0, 0.05) is 40.7 Å². The number of halogens is 1. The average Bonchev–Trinajstić information content (AvgIpc) is 3.30. The molecule has 2 N–H and O–H groups in total. The number of thioether (sulfide) groups is 1. The fourth-order valence-electron chi connectivity index (χ4n) is 3.98. The lowest BCUT2D eigenvalue weighted by molar-refractivity contribution is 0.252. The van der Waals surface area contributed by atoms with Crippen molar-refractivity contribution in [1.82, 2.24) is 14.9 Å². The van der Waals surface area contributed by atoms with Crippen molar-refractivity contribution in [3.05, 3.63) is 77.8 Å². The molecule has 0 saturated carbocycles. The number of benzene rings is 3. The van der Waals surface area contributed by atoms with Crippen molar-refractivity contribution in [2.24, 2.45) is 0 Å². The SMILES string of the molecule is CCCn1c(SCCNC(=O)Nc2ccc(Cl)cc2)nc(-c2ccc(OC)cc2)c1-c1ccc(OC)cc1. The molecule has 1 heterocycles. The van der Waals surface area contributed by atoms with Crippen LogP contribution in [0.15, 0.2) is 78.0 Å². The highest BCUT2D eigenvalue weighted by Crippen LogP contribution is 2.37. The first-order valence-corrected chi connectivity index (χ1v) is 13.7. The predicted octanol–water partition coefficient (Wildman–Crippen LogP) is 7.21. The molecule has 1 aromatic heterocycles. The van der Waals surface area contributed by atoms with Crippen LogP contribution in [-0.4, -0.2) is 42.1 Å². The third-order valence-corrected chi connectivity index (χ3v) is 7.06. The standard InChI is InChI=1S/C29H31ClN4O3S/c1-4-18-34-27(21-7-15-25(37-3)16-8-21)26(20-5-13-24(36-2)14-6-20)33-29(34)38-19-17-31-28(35)32-23-11-9-22(30)10-12-23/h5-16H,4,17-19H2,1-3H3,(H2,31,32,35). The second-order valence-electron chi connectivity index (χ2n) is 8.44. The summed E-state index contributed by atoms with van der Waals surface area (Å²) in [5, 5.41) is 7.25. The number of hydrogen-bond donors (Lipinski definition) is 2. The number of urea groups is 1. The fraction of sp³-hybridized carbons (Fsp3) is 0.241. The predicted molar refractivity (Wildman–Crippen MR) is 156 cm³/mol. The normalized spacial score (nSPS) is 10.7. The van der Waals surface area contributed by atoms with E-state index in [1.54, 1.807) is 50.2 Å². The first-order chi connectivity index (χ1) is 18.5. The zero-order chi connectivity index (χ0) is 26.9. The van der Waals surface area contributed by atoms with E-state index in [2.05, 4.69) is 34.3 Å². The number of imidazole rings is 1. The summed E-state index contributed by atoms with van der Waals surface area (Å²) in [5.74, 6) is 2.27. The van der Waals surface area contributed by atoms with E-state index >= 15 is 0 Å². The van der Waals surface area contributed by atoms with Gasteiger partial charge in [0.25, 0.3) is 0 Å². The highest BCUT2D eigenvalue weighted by Gasteiger charge is 2.20. The van der Waals surface area contributed by atoms with Crippen molar-refractivity contribution in [1.29, 1.82) is 0 Å². The number of nitrogens with zero attached hydrogens (tertiary/aromatic N) is 2. The van der Waals surface area contributed by atoms with Crippen molar-refractivity contribution in [3.63, 3.8) is 0 Å². The third-order valence-electron chi connectivity index (χ3n) is 5.83. The van der Waals surface area contributed by atoms with Crippen LogP contribution in [-0.2, 0) is 6.54 Å². The zero-order valence-corrected chi connectivity index (χ0v) is 23.2. The molecular weight excluding hydrogens is 520 g/mol. The van der Waals surface area contributed by atoms with Crippen molar-refractivity contribution in [2.75, 3.05) is 31.8 Å². The Morgan fingerprint density at radius 2 is 1.53 bits per heavy atom. The van der Waals surface area contributed by atoms with Gasteiger partial charge in [0.2, 0.25) is 0 Å². The number of anilines is 1. The van der Waals surface area contributed by atoms with Crippen LogP contribution in [0.4, 0.5) is 10.5 Å². The maximum atomic E-state index is 12.3. The first-order valence-electron chi connectivity index (χ1n) is 12.3. The van der Waals surface area contributed by atoms with E-state index in [0.717, 1.165) is 52.1 Å². The van der Waals surface area contributed by atoms with Gasteiger partial charge in [-0.2, -0.15) is 0 Å². The van der Waals surface area contributed by atoms with Gasteiger partial charge in [-0.1, -0.05) is 30.3 Å². The molecule has 38 heavy (non-hydrogen) atoms. The van der Waals surface area contributed by atoms with Crippen LogP contribution in [0.3, 0.4) is 0 Å². The van der Waals surface area contributed by atoms with E-state index in [1.807, 2.05) is 36.4 Å². The van der Waals surface area contributed by atoms with Gasteiger partial charge in [0.15, 0.2) is 5.16 Å². The van der Waals surface area contributed by atoms with Gasteiger partial charge in [0.05, 0.1) is 25.6 Å². The summed E-state index contributed by atoms with van der Waals surface area (Å²) in [5.41, 5.74) is 4.71. The lowest BCUT2D eigenvalue weighted by atomic mass is 10.0. The highest BCUT2D eigenvalue weighted by atomic mass is 35.5. The smallest absolute Gasteiger partial charge is 0.319 e. The van der Waals surface area contributed by atoms with Crippen LogP contribution in [0.5, 0.6) is 11.5 Å². The molecule has 4 aromatic rings. The maximum Gasteiger partial charge on any atom is 0.319 e. The van der Waals surface area contributed by atoms with Crippen molar-refractivity contribution in [3.8, 4) is 34.0 Å². The topological polar surface area (TPSA) is 77.4 Å². The molecule has 0 aliphatic heterocycles. The Morgan fingerprint density at radius 3 is 2.11 bits per heavy atom. The number of aromatic nitrogens is 2. The molecule has 0 fully saturated rings. The van der Waals surface area contributed by atoms with Crippen LogP contribution in [0.25, 0.3) is 22.5 Å². The van der Waals surface area contributed by atoms with Gasteiger partial charge in [-0.25, -0.2) is 9.78 Å². The second-order valence-corrected chi connectivity index (χ2v) is 9.93. The number of hydrogen-bond acceptors (Lipinski definition) is 5. The Bertz CT molecular complexity index is 1340. The summed E-state index contributed by atoms with van der Waals surface area (Å²) in [6.45, 7) is 3.46. The molecule has 0 aliphatic carbocycles. The Kier molecular flexibility index (Phi) is 9.56. The van der Waals surface area contributed by atoms with Crippen molar-refractivity contribution < 1.29 is 14.3 Å². The van der Waals surface area contributed by atoms with E-state index in [1.165, 1.54) is 0 Å². The summed E-state index contributed by atoms with van der Waals surface area (Å²) < 4.78 is 13.0. The molecule has 0 aliphatic rings. The number of methoxy groups -OCH3 is 2. The number of ether oxygens (including phenoxy) is 2. The van der Waals surface area contributed by atoms with Gasteiger partial charge < -0.3 is 24.7 Å². The van der Waals surface area contributed by atoms with Crippen molar-refractivity contribution in [2.45, 2.75) is 25.0 Å². The van der Waals surface area contributed by atoms with E-state index in [4.69, 9.17) is 26.1 Å². The van der Waals surface area contributed by atoms with Crippen LogP contribution >= 0.6 is 23.4 Å². The van der Waals surface area contributed by atoms with Crippen LogP contribution in [0.1, 0.15) is 13.3 Å². The molecule has 4 rings (SSSR count). The van der Waals surface area contributed by atoms with E-state index in [9.17, 15) is 4.79 Å². The Labute approximate surface area is 232 Å². The molecule has 0 bridgehead atoms. The maximum absolute atomic E-state index is 12.3. The summed E-state index contributed by atoms with van der Waals surface area (Å²) in [4.78, 5) is 17.4. The largest absolute Gasteiger partial charge is 0.497 e. The minimum Gasteiger partial charge on any atom is -0.497 e. The quantitative estimate of drug-likeness (QED) is 0.152. The molecule has 198 valence electrons. The van der Waals surface area contributed by atoms with E-state index < -0.39 is 0 Å². The summed E-state index contributed by atoms with van der Waals surface area (Å²) in [6.07, 6.45) is 0.955. The van der Waals surface area contributed by atoms with E-state index in [-0.39, 0.29) is 6.03 Å². The number of amides is 2. The number of nitrogens with one attached hydrogen (secondary N) is 2. The molecule has 0 atom stereocenters. The molecule has 2 amide bonds. The van der Waals surface area contributed by atoms with E-state index in [0.29, 0.717) is 23.0 Å². The second kappa shape index (κ2) is 13.3. The lowest BCUT2D eigenvalue weighted by Gasteiger charge is -2.13. The Morgan fingerprint density at radius 1 is 0.921 bits per heavy atom. The van der Waals surface area contributed by atoms with Crippen LogP contribution in [0.2, 0.25) is 5.02 Å². The van der Waals surface area contributed by atoms with Gasteiger partial charge in [0.1, 0.15) is 11.5 Å². The molecule has 0 unspecified atom stereocenters. The van der Waals surface area contributed by atoms with Gasteiger partial charge >= 0.3 is 6.03 Å². The third kappa shape index (κ3) is 6.82. The first kappa shape index (κ1) is 27.4. The monoisotopic (exact) mass is 550 g/mol. The summed E-state index contributed by atoms with van der Waals surface area (Å²) in [7, 11) is 3.32. The van der Waals surface area contributed by atoms with Crippen molar-refractivity contribution >= 4 is 35.1 Å². The van der Waals surface area contributed by atoms with Gasteiger partial charge in [-0.3, -0.25) is 0 Å². The Balaban J connectivity index is 1.55. The molecule has 9 heteroatoms. The average molecular weight is 551 g/mol. The molecule has 3 aromatic carbocycles. The minimum absolute atomic E-state index is 0.261.